The summed E-state index contributed by atoms with van der Waals surface area (Å²) in [5.41, 5.74) is 2.97. The molecular weight excluding hydrogens is 410 g/mol. The lowest BCUT2D eigenvalue weighted by Crippen LogP contribution is -2.22. The number of halogens is 1. The molecule has 1 aliphatic heterocycles. The molecule has 0 atom stereocenters. The molecule has 0 N–H and O–H groups in total. The van der Waals surface area contributed by atoms with Crippen LogP contribution in [0.1, 0.15) is 25.0 Å². The van der Waals surface area contributed by atoms with Crippen LogP contribution in [0, 0.1) is 0 Å². The molecule has 144 valence electrons. The normalized spacial score (nSPS) is 15.8. The Hall–Kier alpha value is -2.15. The summed E-state index contributed by atoms with van der Waals surface area (Å²) in [5, 5.41) is 6.15. The first-order chi connectivity index (χ1) is 13.5. The zero-order valence-corrected chi connectivity index (χ0v) is 18.0. The van der Waals surface area contributed by atoms with Crippen LogP contribution >= 0.6 is 35.6 Å². The second-order valence-electron chi connectivity index (χ2n) is 6.05. The molecule has 0 bridgehead atoms. The molecule has 1 amide bonds. The Bertz CT molecular complexity index is 920. The van der Waals surface area contributed by atoms with E-state index in [4.69, 9.17) is 23.8 Å². The molecule has 28 heavy (non-hydrogen) atoms. The molecular formula is C21H20ClN3OS2. The lowest BCUT2D eigenvalue weighted by atomic mass is 10.1. The lowest BCUT2D eigenvalue weighted by molar-refractivity contribution is -0.122. The first-order valence-electron chi connectivity index (χ1n) is 8.94. The molecule has 0 saturated carbocycles. The van der Waals surface area contributed by atoms with Gasteiger partial charge in [0.1, 0.15) is 0 Å². The number of benzene rings is 2. The largest absolute Gasteiger partial charge is 0.372 e. The van der Waals surface area contributed by atoms with Gasteiger partial charge in [0.15, 0.2) is 4.32 Å². The van der Waals surface area contributed by atoms with Gasteiger partial charge < -0.3 is 4.90 Å². The van der Waals surface area contributed by atoms with E-state index in [1.165, 1.54) is 22.5 Å². The van der Waals surface area contributed by atoms with Crippen molar-refractivity contribution in [3.63, 3.8) is 0 Å². The highest BCUT2D eigenvalue weighted by Crippen LogP contribution is 2.33. The maximum Gasteiger partial charge on any atom is 0.286 e. The van der Waals surface area contributed by atoms with E-state index in [0.717, 1.165) is 24.2 Å². The van der Waals surface area contributed by atoms with Gasteiger partial charge in [-0.3, -0.25) is 4.79 Å². The van der Waals surface area contributed by atoms with Crippen molar-refractivity contribution in [3.05, 3.63) is 69.6 Å². The van der Waals surface area contributed by atoms with E-state index in [-0.39, 0.29) is 5.91 Å². The Balaban J connectivity index is 1.74. The fraction of sp³-hybridized carbons (Fsp3) is 0.190. The molecule has 0 aromatic heterocycles. The van der Waals surface area contributed by atoms with E-state index >= 15 is 0 Å². The average molecular weight is 430 g/mol. The van der Waals surface area contributed by atoms with Gasteiger partial charge in [-0.15, -0.1) is 0 Å². The van der Waals surface area contributed by atoms with E-state index in [2.05, 4.69) is 36.0 Å². The number of anilines is 1. The number of carbonyl (C=O) groups is 1. The Labute approximate surface area is 179 Å². The number of hydrazone groups is 1. The van der Waals surface area contributed by atoms with Gasteiger partial charge in [0.05, 0.1) is 11.1 Å². The maximum atomic E-state index is 12.7. The Kier molecular flexibility index (Phi) is 6.88. The van der Waals surface area contributed by atoms with Crippen molar-refractivity contribution in [2.75, 3.05) is 18.0 Å². The van der Waals surface area contributed by atoms with Crippen molar-refractivity contribution < 1.29 is 4.79 Å². The van der Waals surface area contributed by atoms with E-state index in [9.17, 15) is 4.79 Å². The zero-order chi connectivity index (χ0) is 20.1. The third-order valence-corrected chi connectivity index (χ3v) is 5.82. The van der Waals surface area contributed by atoms with Gasteiger partial charge in [-0.05, 0) is 67.5 Å². The van der Waals surface area contributed by atoms with Gasteiger partial charge in [-0.1, -0.05) is 47.6 Å². The smallest absolute Gasteiger partial charge is 0.286 e. The van der Waals surface area contributed by atoms with Crippen LogP contribution in [0.5, 0.6) is 0 Å². The van der Waals surface area contributed by atoms with Crippen molar-refractivity contribution in [3.8, 4) is 0 Å². The van der Waals surface area contributed by atoms with Crippen molar-refractivity contribution in [1.82, 2.24) is 5.01 Å². The molecule has 0 spiro atoms. The van der Waals surface area contributed by atoms with Crippen molar-refractivity contribution >= 4 is 63.8 Å². The average Bonchev–Trinajstić information content (AvgIpc) is 2.96. The second-order valence-corrected chi connectivity index (χ2v) is 8.17. The molecule has 4 nitrogen and oxygen atoms in total. The number of hydrogen-bond donors (Lipinski definition) is 0. The predicted octanol–water partition coefficient (Wildman–Crippen LogP) is 5.42. The molecule has 3 rings (SSSR count). The molecule has 0 unspecified atom stereocenters. The fourth-order valence-electron chi connectivity index (χ4n) is 2.75. The fourth-order valence-corrected chi connectivity index (χ4v) is 4.05. The molecule has 1 heterocycles. The van der Waals surface area contributed by atoms with Crippen LogP contribution in [0.4, 0.5) is 5.69 Å². The molecule has 0 aliphatic carbocycles. The molecule has 1 saturated heterocycles. The number of nitrogens with zero attached hydrogens (tertiary/aromatic N) is 3. The van der Waals surface area contributed by atoms with Gasteiger partial charge in [0.25, 0.3) is 5.91 Å². The van der Waals surface area contributed by atoms with Gasteiger partial charge in [-0.25, -0.2) is 0 Å². The van der Waals surface area contributed by atoms with E-state index < -0.39 is 0 Å². The standard InChI is InChI=1S/C21H20ClN3OS2/c1-3-24(4-2)18-11-7-15(8-12-18)13-19-20(26)25(21(27)28-19)23-14-16-5-9-17(22)10-6-16/h5-14H,3-4H2,1-2H3/b19-13+,23-14+. The van der Waals surface area contributed by atoms with Crippen LogP contribution in [-0.4, -0.2) is 34.5 Å². The van der Waals surface area contributed by atoms with Crippen molar-refractivity contribution in [2.24, 2.45) is 5.10 Å². The summed E-state index contributed by atoms with van der Waals surface area (Å²) in [6, 6.07) is 15.4. The summed E-state index contributed by atoms with van der Waals surface area (Å²) in [4.78, 5) is 15.5. The van der Waals surface area contributed by atoms with Crippen LogP contribution in [0.25, 0.3) is 6.08 Å². The lowest BCUT2D eigenvalue weighted by Gasteiger charge is -2.20. The minimum atomic E-state index is -0.215. The third-order valence-electron chi connectivity index (χ3n) is 4.29. The number of rotatable bonds is 6. The highest BCUT2D eigenvalue weighted by molar-refractivity contribution is 8.26. The van der Waals surface area contributed by atoms with Crippen molar-refractivity contribution in [2.45, 2.75) is 13.8 Å². The van der Waals surface area contributed by atoms with Crippen LogP contribution in [-0.2, 0) is 4.79 Å². The number of hydrogen-bond acceptors (Lipinski definition) is 5. The van der Waals surface area contributed by atoms with Crippen LogP contribution in [0.15, 0.2) is 58.5 Å². The predicted molar refractivity (Wildman–Crippen MR) is 124 cm³/mol. The molecule has 1 aliphatic rings. The highest BCUT2D eigenvalue weighted by atomic mass is 35.5. The zero-order valence-electron chi connectivity index (χ0n) is 15.6. The Morgan fingerprint density at radius 1 is 1.07 bits per heavy atom. The first-order valence-corrected chi connectivity index (χ1v) is 10.5. The third kappa shape index (κ3) is 4.82. The summed E-state index contributed by atoms with van der Waals surface area (Å²) >= 11 is 12.5. The minimum Gasteiger partial charge on any atom is -0.372 e. The monoisotopic (exact) mass is 429 g/mol. The SMILES string of the molecule is CCN(CC)c1ccc(/C=C2/SC(=S)N(/N=C/c3ccc(Cl)cc3)C2=O)cc1. The van der Waals surface area contributed by atoms with Gasteiger partial charge in [0, 0.05) is 23.8 Å². The van der Waals surface area contributed by atoms with Gasteiger partial charge in [-0.2, -0.15) is 10.1 Å². The second kappa shape index (κ2) is 9.37. The topological polar surface area (TPSA) is 35.9 Å². The first kappa shape index (κ1) is 20.6. The van der Waals surface area contributed by atoms with Crippen molar-refractivity contribution in [1.29, 1.82) is 0 Å². The number of amides is 1. The van der Waals surface area contributed by atoms with Crippen LogP contribution in [0.3, 0.4) is 0 Å². The highest BCUT2D eigenvalue weighted by Gasteiger charge is 2.32. The Morgan fingerprint density at radius 3 is 2.29 bits per heavy atom. The van der Waals surface area contributed by atoms with Gasteiger partial charge in [0.2, 0.25) is 0 Å². The minimum absolute atomic E-state index is 0.215. The van der Waals surface area contributed by atoms with E-state index in [0.29, 0.717) is 14.2 Å². The summed E-state index contributed by atoms with van der Waals surface area (Å²) in [7, 11) is 0. The summed E-state index contributed by atoms with van der Waals surface area (Å²) < 4.78 is 0.418. The number of thioether (sulfide) groups is 1. The molecule has 1 fully saturated rings. The summed E-state index contributed by atoms with van der Waals surface area (Å²) in [5.74, 6) is -0.215. The van der Waals surface area contributed by atoms with Gasteiger partial charge >= 0.3 is 0 Å². The number of thiocarbonyl (C=S) groups is 1. The Morgan fingerprint density at radius 2 is 1.68 bits per heavy atom. The van der Waals surface area contributed by atoms with Crippen LogP contribution < -0.4 is 4.90 Å². The summed E-state index contributed by atoms with van der Waals surface area (Å²) in [6.45, 7) is 6.18. The molecule has 0 radical (unpaired) electrons. The molecule has 7 heteroatoms. The quantitative estimate of drug-likeness (QED) is 0.349. The van der Waals surface area contributed by atoms with Crippen LogP contribution in [0.2, 0.25) is 5.02 Å². The number of carbonyl (C=O) groups excluding carboxylic acids is 1. The summed E-state index contributed by atoms with van der Waals surface area (Å²) in [6.07, 6.45) is 3.45. The molecule has 2 aromatic rings. The van der Waals surface area contributed by atoms with E-state index in [1.54, 1.807) is 18.3 Å². The molecule has 2 aromatic carbocycles. The van der Waals surface area contributed by atoms with E-state index in [1.807, 2.05) is 30.3 Å². The maximum absolute atomic E-state index is 12.7.